The number of nitrogens with zero attached hydrogens (tertiary/aromatic N) is 2. The Morgan fingerprint density at radius 2 is 2.15 bits per heavy atom. The third kappa shape index (κ3) is 4.36. The Kier molecular flexibility index (Phi) is 6.16. The molecule has 0 saturated carbocycles. The molecule has 2 aromatic rings. The van der Waals surface area contributed by atoms with Crippen molar-refractivity contribution in [2.75, 3.05) is 26.3 Å². The number of hydrogen-bond donors (Lipinski definition) is 0. The van der Waals surface area contributed by atoms with E-state index in [0.29, 0.717) is 0 Å². The predicted octanol–water partition coefficient (Wildman–Crippen LogP) is 5.05. The van der Waals surface area contributed by atoms with Crippen LogP contribution in [0.2, 0.25) is 0 Å². The fourth-order valence-corrected chi connectivity index (χ4v) is 4.69. The quantitative estimate of drug-likeness (QED) is 0.648. The standard InChI is InChI=1S/C22H32N2OS/c1-5-25-17-22(11-10-20-7-6-14-26-20)12-13-24(16-22)21(3,4)19-9-8-18(2)23-15-19/h6-9,14-15H,5,10-13,16-17H2,1-4H3/t22-/m1/s1. The first-order valence-corrected chi connectivity index (χ1v) is 10.6. The zero-order chi connectivity index (χ0) is 18.6. The van der Waals surface area contributed by atoms with Gasteiger partial charge in [-0.1, -0.05) is 12.1 Å². The van der Waals surface area contributed by atoms with Crippen LogP contribution in [0.5, 0.6) is 0 Å². The third-order valence-electron chi connectivity index (χ3n) is 5.94. The van der Waals surface area contributed by atoms with E-state index in [1.54, 1.807) is 0 Å². The van der Waals surface area contributed by atoms with Crippen LogP contribution in [0.3, 0.4) is 0 Å². The van der Waals surface area contributed by atoms with Crippen LogP contribution < -0.4 is 0 Å². The lowest BCUT2D eigenvalue weighted by Crippen LogP contribution is -2.42. The van der Waals surface area contributed by atoms with Gasteiger partial charge >= 0.3 is 0 Å². The minimum absolute atomic E-state index is 0.00238. The molecule has 0 unspecified atom stereocenters. The predicted molar refractivity (Wildman–Crippen MR) is 110 cm³/mol. The fraction of sp³-hybridized carbons (Fsp3) is 0.591. The van der Waals surface area contributed by atoms with Crippen LogP contribution in [0.15, 0.2) is 35.8 Å². The molecule has 0 aromatic carbocycles. The van der Waals surface area contributed by atoms with Crippen molar-refractivity contribution in [3.05, 3.63) is 52.0 Å². The lowest BCUT2D eigenvalue weighted by Gasteiger charge is -2.38. The van der Waals surface area contributed by atoms with E-state index < -0.39 is 0 Å². The van der Waals surface area contributed by atoms with Gasteiger partial charge in [-0.2, -0.15) is 0 Å². The number of thiophene rings is 1. The Bertz CT molecular complexity index is 681. The van der Waals surface area contributed by atoms with E-state index >= 15 is 0 Å². The zero-order valence-electron chi connectivity index (χ0n) is 16.6. The van der Waals surface area contributed by atoms with Crippen molar-refractivity contribution in [1.29, 1.82) is 0 Å². The molecular weight excluding hydrogens is 340 g/mol. The van der Waals surface area contributed by atoms with Crippen LogP contribution in [0.1, 0.15) is 49.7 Å². The van der Waals surface area contributed by atoms with Gasteiger partial charge < -0.3 is 4.74 Å². The summed E-state index contributed by atoms with van der Waals surface area (Å²) in [6, 6.07) is 8.77. The highest BCUT2D eigenvalue weighted by Gasteiger charge is 2.43. The molecule has 1 atom stereocenters. The van der Waals surface area contributed by atoms with Gasteiger partial charge in [-0.3, -0.25) is 9.88 Å². The first-order valence-electron chi connectivity index (χ1n) is 9.73. The largest absolute Gasteiger partial charge is 0.381 e. The summed E-state index contributed by atoms with van der Waals surface area (Å²) in [5, 5.41) is 2.18. The maximum atomic E-state index is 5.94. The van der Waals surface area contributed by atoms with Crippen molar-refractivity contribution in [2.24, 2.45) is 5.41 Å². The summed E-state index contributed by atoms with van der Waals surface area (Å²) in [5.74, 6) is 0. The molecule has 142 valence electrons. The monoisotopic (exact) mass is 372 g/mol. The second-order valence-electron chi connectivity index (χ2n) is 8.14. The van der Waals surface area contributed by atoms with Crippen LogP contribution >= 0.6 is 11.3 Å². The van der Waals surface area contributed by atoms with E-state index in [-0.39, 0.29) is 11.0 Å². The van der Waals surface area contributed by atoms with Gasteiger partial charge in [-0.25, -0.2) is 0 Å². The summed E-state index contributed by atoms with van der Waals surface area (Å²) in [7, 11) is 0. The van der Waals surface area contributed by atoms with Crippen molar-refractivity contribution in [3.63, 3.8) is 0 Å². The second-order valence-corrected chi connectivity index (χ2v) is 9.17. The number of rotatable bonds is 8. The Balaban J connectivity index is 1.73. The van der Waals surface area contributed by atoms with E-state index in [1.165, 1.54) is 23.3 Å². The zero-order valence-corrected chi connectivity index (χ0v) is 17.4. The lowest BCUT2D eigenvalue weighted by molar-refractivity contribution is 0.0386. The highest BCUT2D eigenvalue weighted by molar-refractivity contribution is 7.09. The van der Waals surface area contributed by atoms with Gasteiger partial charge in [0.2, 0.25) is 0 Å². The molecule has 26 heavy (non-hydrogen) atoms. The normalized spacial score (nSPS) is 21.4. The number of pyridine rings is 1. The molecule has 1 saturated heterocycles. The van der Waals surface area contributed by atoms with Crippen LogP contribution in [0, 0.1) is 12.3 Å². The maximum Gasteiger partial charge on any atom is 0.0535 e. The number of aromatic nitrogens is 1. The van der Waals surface area contributed by atoms with E-state index in [2.05, 4.69) is 60.3 Å². The number of ether oxygens (including phenoxy) is 1. The molecule has 0 N–H and O–H groups in total. The van der Waals surface area contributed by atoms with E-state index in [9.17, 15) is 0 Å². The molecule has 1 aliphatic rings. The first kappa shape index (κ1) is 19.5. The van der Waals surface area contributed by atoms with Crippen molar-refractivity contribution >= 4 is 11.3 Å². The SMILES string of the molecule is CCOC[C@]1(CCc2cccs2)CCN(C(C)(C)c2ccc(C)nc2)C1. The molecule has 3 rings (SSSR count). The molecular formula is C22H32N2OS. The molecule has 0 spiro atoms. The summed E-state index contributed by atoms with van der Waals surface area (Å²) in [6.07, 6.45) is 5.61. The molecule has 1 fully saturated rings. The van der Waals surface area contributed by atoms with E-state index in [4.69, 9.17) is 4.74 Å². The van der Waals surface area contributed by atoms with E-state index in [1.807, 2.05) is 24.5 Å². The summed E-state index contributed by atoms with van der Waals surface area (Å²) in [4.78, 5) is 8.64. The highest BCUT2D eigenvalue weighted by Crippen LogP contribution is 2.41. The Morgan fingerprint density at radius 3 is 2.81 bits per heavy atom. The first-order chi connectivity index (χ1) is 12.5. The number of hydrogen-bond acceptors (Lipinski definition) is 4. The van der Waals surface area contributed by atoms with Crippen molar-refractivity contribution in [1.82, 2.24) is 9.88 Å². The molecule has 3 heterocycles. The van der Waals surface area contributed by atoms with Gasteiger partial charge in [0.1, 0.15) is 0 Å². The molecule has 1 aliphatic heterocycles. The molecule has 0 aliphatic carbocycles. The molecule has 0 bridgehead atoms. The third-order valence-corrected chi connectivity index (χ3v) is 6.88. The average Bonchev–Trinajstić information content (AvgIpc) is 3.29. The van der Waals surface area contributed by atoms with Crippen molar-refractivity contribution in [2.45, 2.75) is 52.5 Å². The summed E-state index contributed by atoms with van der Waals surface area (Å²) in [6.45, 7) is 12.7. The Morgan fingerprint density at radius 1 is 1.31 bits per heavy atom. The highest BCUT2D eigenvalue weighted by atomic mass is 32.1. The minimum Gasteiger partial charge on any atom is -0.381 e. The van der Waals surface area contributed by atoms with Crippen LogP contribution in [-0.4, -0.2) is 36.2 Å². The van der Waals surface area contributed by atoms with Gasteiger partial charge in [-0.05, 0) is 76.6 Å². The molecule has 0 amide bonds. The molecule has 3 nitrogen and oxygen atoms in total. The molecule has 2 aromatic heterocycles. The van der Waals surface area contributed by atoms with Crippen molar-refractivity contribution in [3.8, 4) is 0 Å². The van der Waals surface area contributed by atoms with Crippen LogP contribution in [0.4, 0.5) is 0 Å². The number of likely N-dealkylation sites (tertiary alicyclic amines) is 1. The topological polar surface area (TPSA) is 25.4 Å². The summed E-state index contributed by atoms with van der Waals surface area (Å²) >= 11 is 1.87. The van der Waals surface area contributed by atoms with Crippen LogP contribution in [-0.2, 0) is 16.7 Å². The average molecular weight is 373 g/mol. The summed E-state index contributed by atoms with van der Waals surface area (Å²) < 4.78 is 5.94. The molecule has 4 heteroatoms. The van der Waals surface area contributed by atoms with Gasteiger partial charge in [0, 0.05) is 40.9 Å². The minimum atomic E-state index is -0.00238. The Labute approximate surface area is 162 Å². The van der Waals surface area contributed by atoms with Crippen molar-refractivity contribution < 1.29 is 4.74 Å². The van der Waals surface area contributed by atoms with E-state index in [0.717, 1.165) is 38.4 Å². The van der Waals surface area contributed by atoms with Gasteiger partial charge in [-0.15, -0.1) is 11.3 Å². The van der Waals surface area contributed by atoms with Gasteiger partial charge in [0.15, 0.2) is 0 Å². The fourth-order valence-electron chi connectivity index (χ4n) is 3.98. The van der Waals surface area contributed by atoms with Gasteiger partial charge in [0.05, 0.1) is 6.61 Å². The summed E-state index contributed by atoms with van der Waals surface area (Å²) in [5.41, 5.74) is 2.63. The van der Waals surface area contributed by atoms with Gasteiger partial charge in [0.25, 0.3) is 0 Å². The smallest absolute Gasteiger partial charge is 0.0535 e. The Hall–Kier alpha value is -1.23. The maximum absolute atomic E-state index is 5.94. The second kappa shape index (κ2) is 8.20. The number of aryl methyl sites for hydroxylation is 2. The lowest BCUT2D eigenvalue weighted by atomic mass is 9.82. The van der Waals surface area contributed by atoms with Crippen LogP contribution in [0.25, 0.3) is 0 Å². The molecule has 0 radical (unpaired) electrons.